The van der Waals surface area contributed by atoms with Crippen molar-refractivity contribution in [2.75, 3.05) is 13.1 Å². The summed E-state index contributed by atoms with van der Waals surface area (Å²) in [6.07, 6.45) is 4.40. The number of hydrogen-bond donors (Lipinski definition) is 0. The van der Waals surface area contributed by atoms with Crippen molar-refractivity contribution in [1.82, 2.24) is 4.90 Å². The van der Waals surface area contributed by atoms with Gasteiger partial charge in [0.25, 0.3) is 0 Å². The number of rotatable bonds is 0. The topological polar surface area (TPSA) is 3.24 Å². The Morgan fingerprint density at radius 1 is 1.44 bits per heavy atom. The lowest BCUT2D eigenvalue weighted by molar-refractivity contribution is 0.319. The molecule has 0 bridgehead atoms. The molecule has 0 amide bonds. The highest BCUT2D eigenvalue weighted by Gasteiger charge is 2.32. The summed E-state index contributed by atoms with van der Waals surface area (Å²) in [7, 11) is 0. The van der Waals surface area contributed by atoms with Crippen LogP contribution in [0, 0.1) is 5.92 Å². The fourth-order valence-electron chi connectivity index (χ4n) is 2.34. The van der Waals surface area contributed by atoms with Crippen molar-refractivity contribution in [3.8, 4) is 0 Å². The van der Waals surface area contributed by atoms with Gasteiger partial charge in [0.1, 0.15) is 0 Å². The summed E-state index contributed by atoms with van der Waals surface area (Å²) in [4.78, 5) is 2.66. The molecule has 0 aromatic heterocycles. The van der Waals surface area contributed by atoms with E-state index in [4.69, 9.17) is 0 Å². The predicted molar refractivity (Wildman–Crippen MR) is 38.4 cm³/mol. The Balaban J connectivity index is 2.02. The van der Waals surface area contributed by atoms with Crippen LogP contribution >= 0.6 is 0 Å². The lowest BCUT2D eigenvalue weighted by atomic mass is 10.1. The third-order valence-electron chi connectivity index (χ3n) is 2.72. The van der Waals surface area contributed by atoms with Gasteiger partial charge >= 0.3 is 0 Å². The highest BCUT2D eigenvalue weighted by Crippen LogP contribution is 2.30. The van der Waals surface area contributed by atoms with Crippen LogP contribution in [0.3, 0.4) is 0 Å². The van der Waals surface area contributed by atoms with Crippen LogP contribution in [0.2, 0.25) is 0 Å². The summed E-state index contributed by atoms with van der Waals surface area (Å²) in [5.74, 6) is 0.982. The number of nitrogens with zero attached hydrogens (tertiary/aromatic N) is 1. The van der Waals surface area contributed by atoms with E-state index in [0.29, 0.717) is 0 Å². The van der Waals surface area contributed by atoms with Gasteiger partial charge in [-0.05, 0) is 31.7 Å². The molecule has 2 atom stereocenters. The minimum absolute atomic E-state index is 0.982. The lowest BCUT2D eigenvalue weighted by Gasteiger charge is -2.12. The Morgan fingerprint density at radius 2 is 2.33 bits per heavy atom. The molecule has 2 fully saturated rings. The van der Waals surface area contributed by atoms with Gasteiger partial charge in [-0.1, -0.05) is 6.92 Å². The Hall–Kier alpha value is -0.0400. The Kier molecular flexibility index (Phi) is 1.26. The Labute approximate surface area is 57.0 Å². The van der Waals surface area contributed by atoms with Crippen molar-refractivity contribution >= 4 is 0 Å². The first-order chi connectivity index (χ1) is 4.36. The van der Waals surface area contributed by atoms with Crippen LogP contribution in [-0.4, -0.2) is 24.0 Å². The van der Waals surface area contributed by atoms with Gasteiger partial charge in [0.05, 0.1) is 0 Å². The van der Waals surface area contributed by atoms with Crippen LogP contribution in [0.4, 0.5) is 0 Å². The van der Waals surface area contributed by atoms with Crippen molar-refractivity contribution in [3.05, 3.63) is 0 Å². The molecule has 1 heteroatoms. The smallest absolute Gasteiger partial charge is 0.00988 e. The summed E-state index contributed by atoms with van der Waals surface area (Å²) >= 11 is 0. The zero-order valence-corrected chi connectivity index (χ0v) is 6.14. The van der Waals surface area contributed by atoms with Crippen LogP contribution in [-0.2, 0) is 0 Å². The van der Waals surface area contributed by atoms with Crippen LogP contribution in [0.15, 0.2) is 0 Å². The average Bonchev–Trinajstić information content (AvgIpc) is 2.22. The van der Waals surface area contributed by atoms with Crippen LogP contribution in [0.1, 0.15) is 26.2 Å². The van der Waals surface area contributed by atoms with Crippen LogP contribution < -0.4 is 0 Å². The molecule has 2 saturated heterocycles. The normalized spacial score (nSPS) is 43.7. The van der Waals surface area contributed by atoms with Crippen molar-refractivity contribution in [2.45, 2.75) is 32.2 Å². The molecule has 52 valence electrons. The molecule has 9 heavy (non-hydrogen) atoms. The molecule has 0 aromatic carbocycles. The molecule has 2 aliphatic heterocycles. The SMILES string of the molecule is C[C@@H]1C[C@H]2CCCN2C1. The first-order valence-electron chi connectivity index (χ1n) is 4.10. The first kappa shape index (κ1) is 5.72. The largest absolute Gasteiger partial charge is 0.300 e. The van der Waals surface area contributed by atoms with Gasteiger partial charge in [-0.3, -0.25) is 0 Å². The zero-order valence-electron chi connectivity index (χ0n) is 6.14. The maximum Gasteiger partial charge on any atom is 0.00988 e. The van der Waals surface area contributed by atoms with Gasteiger partial charge in [-0.2, -0.15) is 0 Å². The molecule has 0 spiro atoms. The molecule has 0 aliphatic carbocycles. The molecule has 0 radical (unpaired) electrons. The molecule has 0 saturated carbocycles. The Bertz CT molecular complexity index is 99.1. The van der Waals surface area contributed by atoms with E-state index in [1.54, 1.807) is 0 Å². The predicted octanol–water partition coefficient (Wildman–Crippen LogP) is 1.49. The second kappa shape index (κ2) is 1.98. The maximum absolute atomic E-state index is 2.66. The molecule has 1 nitrogen and oxygen atoms in total. The standard InChI is InChI=1S/C8H15N/c1-7-5-8-3-2-4-9(8)6-7/h7-8H,2-6H2,1H3/t7-,8-/m1/s1. The lowest BCUT2D eigenvalue weighted by Crippen LogP contribution is -2.22. The number of fused-ring (bicyclic) bond motifs is 1. The van der Waals surface area contributed by atoms with Crippen molar-refractivity contribution in [2.24, 2.45) is 5.92 Å². The van der Waals surface area contributed by atoms with E-state index in [1.165, 1.54) is 32.4 Å². The van der Waals surface area contributed by atoms with Gasteiger partial charge < -0.3 is 4.90 Å². The maximum atomic E-state index is 2.66. The molecule has 2 aliphatic rings. The summed E-state index contributed by atoms with van der Waals surface area (Å²) in [5.41, 5.74) is 0. The molecular formula is C8H15N. The molecule has 2 heterocycles. The van der Waals surface area contributed by atoms with Crippen molar-refractivity contribution in [1.29, 1.82) is 0 Å². The minimum Gasteiger partial charge on any atom is -0.300 e. The van der Waals surface area contributed by atoms with Gasteiger partial charge in [-0.25, -0.2) is 0 Å². The van der Waals surface area contributed by atoms with Crippen LogP contribution in [0.25, 0.3) is 0 Å². The fraction of sp³-hybridized carbons (Fsp3) is 1.00. The molecule has 2 rings (SSSR count). The molecule has 0 N–H and O–H groups in total. The second-order valence-electron chi connectivity index (χ2n) is 3.63. The minimum atomic E-state index is 0.982. The molecular weight excluding hydrogens is 110 g/mol. The van der Waals surface area contributed by atoms with E-state index < -0.39 is 0 Å². The Morgan fingerprint density at radius 3 is 3.11 bits per heavy atom. The second-order valence-corrected chi connectivity index (χ2v) is 3.63. The van der Waals surface area contributed by atoms with Gasteiger partial charge in [-0.15, -0.1) is 0 Å². The van der Waals surface area contributed by atoms with E-state index in [1.807, 2.05) is 0 Å². The summed E-state index contributed by atoms with van der Waals surface area (Å²) in [6.45, 7) is 5.14. The summed E-state index contributed by atoms with van der Waals surface area (Å²) in [5, 5.41) is 0. The van der Waals surface area contributed by atoms with Crippen molar-refractivity contribution < 1.29 is 0 Å². The van der Waals surface area contributed by atoms with E-state index in [2.05, 4.69) is 11.8 Å². The quantitative estimate of drug-likeness (QED) is 0.474. The van der Waals surface area contributed by atoms with Crippen molar-refractivity contribution in [3.63, 3.8) is 0 Å². The van der Waals surface area contributed by atoms with E-state index >= 15 is 0 Å². The third kappa shape index (κ3) is 0.877. The highest BCUT2D eigenvalue weighted by atomic mass is 15.2. The average molecular weight is 125 g/mol. The van der Waals surface area contributed by atoms with E-state index in [-0.39, 0.29) is 0 Å². The van der Waals surface area contributed by atoms with Gasteiger partial charge in [0.15, 0.2) is 0 Å². The third-order valence-corrected chi connectivity index (χ3v) is 2.72. The first-order valence-corrected chi connectivity index (χ1v) is 4.10. The molecule has 0 unspecified atom stereocenters. The van der Waals surface area contributed by atoms with E-state index in [0.717, 1.165) is 12.0 Å². The van der Waals surface area contributed by atoms with E-state index in [9.17, 15) is 0 Å². The zero-order chi connectivity index (χ0) is 6.27. The van der Waals surface area contributed by atoms with Crippen LogP contribution in [0.5, 0.6) is 0 Å². The highest BCUT2D eigenvalue weighted by molar-refractivity contribution is 4.87. The van der Waals surface area contributed by atoms with Gasteiger partial charge in [0.2, 0.25) is 0 Å². The monoisotopic (exact) mass is 125 g/mol. The number of hydrogen-bond acceptors (Lipinski definition) is 1. The fourth-order valence-corrected chi connectivity index (χ4v) is 2.34. The summed E-state index contributed by atoms with van der Waals surface area (Å²) < 4.78 is 0. The molecule has 0 aromatic rings. The summed E-state index contributed by atoms with van der Waals surface area (Å²) in [6, 6.07) is 0.986. The van der Waals surface area contributed by atoms with Gasteiger partial charge in [0, 0.05) is 12.6 Å².